The maximum atomic E-state index is 12.0. The lowest BCUT2D eigenvalue weighted by Gasteiger charge is -2.19. The molecule has 0 atom stereocenters. The summed E-state index contributed by atoms with van der Waals surface area (Å²) in [6, 6.07) is 4.63. The average molecular weight is 262 g/mol. The maximum absolute atomic E-state index is 12.0. The van der Waals surface area contributed by atoms with Crippen LogP contribution < -0.4 is 11.2 Å². The van der Waals surface area contributed by atoms with Gasteiger partial charge in [-0.2, -0.15) is 0 Å². The molecule has 0 saturated heterocycles. The largest absolute Gasteiger partial charge is 0.456 e. The van der Waals surface area contributed by atoms with E-state index in [9.17, 15) is 14.4 Å². The summed E-state index contributed by atoms with van der Waals surface area (Å²) in [6.07, 6.45) is 0. The minimum atomic E-state index is -0.659. The van der Waals surface area contributed by atoms with Crippen LogP contribution in [-0.2, 0) is 4.74 Å². The Balaban J connectivity index is 2.65. The average Bonchev–Trinajstić information content (AvgIpc) is 2.25. The lowest BCUT2D eigenvalue weighted by atomic mass is 10.1. The first-order chi connectivity index (χ1) is 8.78. The third-order valence-corrected chi connectivity index (χ3v) is 2.39. The number of rotatable bonds is 1. The minimum absolute atomic E-state index is 0.122. The number of H-pyrrole nitrogens is 2. The number of fused-ring (bicyclic) bond motifs is 1. The van der Waals surface area contributed by atoms with Crippen LogP contribution in [0.25, 0.3) is 10.9 Å². The van der Waals surface area contributed by atoms with Gasteiger partial charge in [-0.3, -0.25) is 9.78 Å². The van der Waals surface area contributed by atoms with Crippen molar-refractivity contribution in [1.29, 1.82) is 0 Å². The van der Waals surface area contributed by atoms with E-state index in [4.69, 9.17) is 4.74 Å². The van der Waals surface area contributed by atoms with Crippen LogP contribution in [0.15, 0.2) is 27.8 Å². The number of aromatic nitrogens is 2. The molecule has 19 heavy (non-hydrogen) atoms. The van der Waals surface area contributed by atoms with Gasteiger partial charge in [0, 0.05) is 0 Å². The Hall–Kier alpha value is -2.37. The molecule has 2 N–H and O–H groups in total. The number of benzene rings is 1. The van der Waals surface area contributed by atoms with Crippen molar-refractivity contribution in [2.45, 2.75) is 26.4 Å². The third-order valence-electron chi connectivity index (χ3n) is 2.39. The molecule has 0 bridgehead atoms. The molecule has 0 fully saturated rings. The summed E-state index contributed by atoms with van der Waals surface area (Å²) in [5, 5.41) is 0.122. The Morgan fingerprint density at radius 2 is 1.84 bits per heavy atom. The van der Waals surface area contributed by atoms with Gasteiger partial charge in [-0.15, -0.1) is 0 Å². The second-order valence-corrected chi connectivity index (χ2v) is 5.14. The molecule has 6 nitrogen and oxygen atoms in total. The molecule has 0 aliphatic heterocycles. The van der Waals surface area contributed by atoms with Crippen molar-refractivity contribution < 1.29 is 9.53 Å². The molecule has 6 heteroatoms. The monoisotopic (exact) mass is 262 g/mol. The van der Waals surface area contributed by atoms with Gasteiger partial charge in [-0.25, -0.2) is 9.59 Å². The molecule has 0 aliphatic carbocycles. The van der Waals surface area contributed by atoms with Gasteiger partial charge < -0.3 is 9.72 Å². The smallest absolute Gasteiger partial charge is 0.339 e. The third kappa shape index (κ3) is 2.73. The van der Waals surface area contributed by atoms with E-state index in [1.807, 2.05) is 0 Å². The lowest BCUT2D eigenvalue weighted by molar-refractivity contribution is 0.00717. The van der Waals surface area contributed by atoms with Crippen LogP contribution in [0.1, 0.15) is 31.1 Å². The number of hydrogen-bond donors (Lipinski definition) is 2. The number of aromatic amines is 2. The van der Waals surface area contributed by atoms with Crippen LogP contribution in [0, 0.1) is 0 Å². The molecule has 1 aromatic carbocycles. The highest BCUT2D eigenvalue weighted by Crippen LogP contribution is 2.16. The summed E-state index contributed by atoms with van der Waals surface area (Å²) in [5.74, 6) is -0.601. The number of ether oxygens (including phenoxy) is 1. The lowest BCUT2D eigenvalue weighted by Crippen LogP contribution is -2.27. The molecule has 2 aromatic rings. The van der Waals surface area contributed by atoms with Crippen molar-refractivity contribution in [3.05, 3.63) is 44.6 Å². The highest BCUT2D eigenvalue weighted by atomic mass is 16.6. The van der Waals surface area contributed by atoms with E-state index in [-0.39, 0.29) is 10.9 Å². The van der Waals surface area contributed by atoms with Crippen molar-refractivity contribution in [3.63, 3.8) is 0 Å². The van der Waals surface area contributed by atoms with E-state index in [1.54, 1.807) is 32.9 Å². The predicted molar refractivity (Wildman–Crippen MR) is 70.4 cm³/mol. The van der Waals surface area contributed by atoms with Gasteiger partial charge in [-0.1, -0.05) is 6.07 Å². The van der Waals surface area contributed by atoms with Gasteiger partial charge in [0.1, 0.15) is 5.60 Å². The summed E-state index contributed by atoms with van der Waals surface area (Å²) < 4.78 is 5.23. The highest BCUT2D eigenvalue weighted by Gasteiger charge is 2.21. The van der Waals surface area contributed by atoms with E-state index in [0.29, 0.717) is 5.52 Å². The number of esters is 1. The Morgan fingerprint density at radius 1 is 1.16 bits per heavy atom. The predicted octanol–water partition coefficient (Wildman–Crippen LogP) is 1.17. The molecule has 2 rings (SSSR count). The molecule has 100 valence electrons. The second-order valence-electron chi connectivity index (χ2n) is 5.14. The summed E-state index contributed by atoms with van der Waals surface area (Å²) in [7, 11) is 0. The second kappa shape index (κ2) is 4.38. The van der Waals surface area contributed by atoms with Crippen molar-refractivity contribution in [2.75, 3.05) is 0 Å². The van der Waals surface area contributed by atoms with Crippen molar-refractivity contribution >= 4 is 16.9 Å². The standard InChI is InChI=1S/C13H14N2O4/c1-13(2,3)19-11(17)7-5-4-6-8-9(7)10(16)15-12(18)14-8/h4-6H,1-3H3,(H2,14,15,16,18). The van der Waals surface area contributed by atoms with Crippen LogP contribution >= 0.6 is 0 Å². The Morgan fingerprint density at radius 3 is 2.47 bits per heavy atom. The molecular formula is C13H14N2O4. The zero-order chi connectivity index (χ0) is 14.2. The van der Waals surface area contributed by atoms with Gasteiger partial charge in [-0.05, 0) is 32.9 Å². The summed E-state index contributed by atoms with van der Waals surface area (Å²) >= 11 is 0. The normalized spacial score (nSPS) is 11.5. The van der Waals surface area contributed by atoms with Crippen LogP contribution in [0.4, 0.5) is 0 Å². The molecule has 0 unspecified atom stereocenters. The quantitative estimate of drug-likeness (QED) is 0.754. The molecule has 1 aromatic heterocycles. The van der Waals surface area contributed by atoms with Gasteiger partial charge >= 0.3 is 11.7 Å². The summed E-state index contributed by atoms with van der Waals surface area (Å²) in [6.45, 7) is 5.21. The minimum Gasteiger partial charge on any atom is -0.456 e. The fourth-order valence-electron chi connectivity index (χ4n) is 1.72. The number of carbonyl (C=O) groups excluding carboxylic acids is 1. The topological polar surface area (TPSA) is 92.0 Å². The summed E-state index contributed by atoms with van der Waals surface area (Å²) in [5.41, 5.74) is -1.45. The Bertz CT molecular complexity index is 750. The molecule has 0 radical (unpaired) electrons. The van der Waals surface area contributed by atoms with Gasteiger partial charge in [0.25, 0.3) is 5.56 Å². The molecule has 0 aliphatic rings. The van der Waals surface area contributed by atoms with E-state index < -0.39 is 22.8 Å². The van der Waals surface area contributed by atoms with E-state index in [1.165, 1.54) is 6.07 Å². The number of carbonyl (C=O) groups is 1. The highest BCUT2D eigenvalue weighted by molar-refractivity contribution is 6.03. The first-order valence-corrected chi connectivity index (χ1v) is 5.76. The van der Waals surface area contributed by atoms with E-state index in [2.05, 4.69) is 9.97 Å². The molecule has 0 spiro atoms. The van der Waals surface area contributed by atoms with Gasteiger partial charge in [0.2, 0.25) is 0 Å². The number of hydrogen-bond acceptors (Lipinski definition) is 4. The van der Waals surface area contributed by atoms with E-state index >= 15 is 0 Å². The van der Waals surface area contributed by atoms with Crippen LogP contribution in [0.3, 0.4) is 0 Å². The zero-order valence-electron chi connectivity index (χ0n) is 10.9. The van der Waals surface area contributed by atoms with Crippen LogP contribution in [0.2, 0.25) is 0 Å². The molecule has 0 saturated carbocycles. The Kier molecular flexibility index (Phi) is 3.01. The molecular weight excluding hydrogens is 248 g/mol. The van der Waals surface area contributed by atoms with E-state index in [0.717, 1.165) is 0 Å². The number of nitrogens with one attached hydrogen (secondary N) is 2. The fourth-order valence-corrected chi connectivity index (χ4v) is 1.72. The first kappa shape index (κ1) is 13.1. The maximum Gasteiger partial charge on any atom is 0.339 e. The molecule has 0 amide bonds. The Labute approximate surface area is 108 Å². The SMILES string of the molecule is CC(C)(C)OC(=O)c1cccc2[nH]c(=O)[nH]c(=O)c12. The van der Waals surface area contributed by atoms with Gasteiger partial charge in [0.15, 0.2) is 0 Å². The first-order valence-electron chi connectivity index (χ1n) is 5.76. The van der Waals surface area contributed by atoms with Crippen molar-refractivity contribution in [1.82, 2.24) is 9.97 Å². The summed E-state index contributed by atoms with van der Waals surface area (Å²) in [4.78, 5) is 39.6. The van der Waals surface area contributed by atoms with Crippen LogP contribution in [-0.4, -0.2) is 21.5 Å². The van der Waals surface area contributed by atoms with Crippen LogP contribution in [0.5, 0.6) is 0 Å². The van der Waals surface area contributed by atoms with Crippen molar-refractivity contribution in [2.24, 2.45) is 0 Å². The molecule has 1 heterocycles. The van der Waals surface area contributed by atoms with Gasteiger partial charge in [0.05, 0.1) is 16.5 Å². The zero-order valence-corrected chi connectivity index (χ0v) is 10.9. The van der Waals surface area contributed by atoms with Crippen molar-refractivity contribution in [3.8, 4) is 0 Å². The fraction of sp³-hybridized carbons (Fsp3) is 0.308.